The second kappa shape index (κ2) is 11.2. The highest BCUT2D eigenvalue weighted by atomic mass is 32.1. The molecule has 4 heteroatoms. The van der Waals surface area contributed by atoms with Crippen molar-refractivity contribution in [2.45, 2.75) is 32.7 Å². The summed E-state index contributed by atoms with van der Waals surface area (Å²) in [5.41, 5.74) is 2.33. The summed E-state index contributed by atoms with van der Waals surface area (Å²) in [6.45, 7) is 8.52. The van der Waals surface area contributed by atoms with Gasteiger partial charge >= 0.3 is 0 Å². The van der Waals surface area contributed by atoms with Crippen molar-refractivity contribution in [1.29, 1.82) is 0 Å². The molecule has 3 rings (SSSR count). The van der Waals surface area contributed by atoms with E-state index in [1.807, 2.05) is 42.5 Å². The topological polar surface area (TPSA) is 27.7 Å². The van der Waals surface area contributed by atoms with Crippen LogP contribution in [0.3, 0.4) is 0 Å². The van der Waals surface area contributed by atoms with E-state index in [-0.39, 0.29) is 17.9 Å². The molecule has 1 aliphatic heterocycles. The summed E-state index contributed by atoms with van der Waals surface area (Å²) in [4.78, 5) is 0. The van der Waals surface area contributed by atoms with Crippen LogP contribution in [0.25, 0.3) is 0 Å². The van der Waals surface area contributed by atoms with Crippen LogP contribution in [-0.4, -0.2) is 24.4 Å². The standard InChI is InChI=1S/C25H30O3S/c1-3-21(17-26-15-19-11-7-5-8-12-19)24-22(4-2)23(28-25(24)29)18-27-16-20-13-9-6-10-14-20/h3,5-14,21-24H,1,4,15-18H2,2H3. The predicted octanol–water partition coefficient (Wildman–Crippen LogP) is 5.59. The Balaban J connectivity index is 1.53. The van der Waals surface area contributed by atoms with Gasteiger partial charge in [0.05, 0.1) is 26.4 Å². The van der Waals surface area contributed by atoms with Crippen LogP contribution in [0.1, 0.15) is 24.5 Å². The Hall–Kier alpha value is -2.01. The molecule has 1 heterocycles. The van der Waals surface area contributed by atoms with Gasteiger partial charge in [0, 0.05) is 17.8 Å². The van der Waals surface area contributed by atoms with Crippen LogP contribution in [-0.2, 0) is 27.4 Å². The fraction of sp³-hybridized carbons (Fsp3) is 0.400. The van der Waals surface area contributed by atoms with Crippen molar-refractivity contribution in [3.8, 4) is 0 Å². The van der Waals surface area contributed by atoms with E-state index in [9.17, 15) is 0 Å². The molecule has 1 aliphatic rings. The van der Waals surface area contributed by atoms with Gasteiger partial charge in [0.25, 0.3) is 0 Å². The molecule has 0 bridgehead atoms. The first-order valence-corrected chi connectivity index (χ1v) is 10.7. The number of ether oxygens (including phenoxy) is 3. The third-order valence-corrected chi connectivity index (χ3v) is 5.90. The maximum Gasteiger partial charge on any atom is 0.164 e. The van der Waals surface area contributed by atoms with Gasteiger partial charge in [-0.2, -0.15) is 0 Å². The Kier molecular flexibility index (Phi) is 8.41. The molecule has 0 saturated carbocycles. The van der Waals surface area contributed by atoms with Gasteiger partial charge in [-0.3, -0.25) is 0 Å². The van der Waals surface area contributed by atoms with E-state index < -0.39 is 0 Å². The average molecular weight is 411 g/mol. The van der Waals surface area contributed by atoms with Gasteiger partial charge in [-0.05, 0) is 29.8 Å². The second-order valence-electron chi connectivity index (χ2n) is 7.47. The minimum atomic E-state index is -0.0159. The van der Waals surface area contributed by atoms with Gasteiger partial charge in [-0.25, -0.2) is 0 Å². The number of hydrogen-bond acceptors (Lipinski definition) is 4. The molecule has 2 aromatic carbocycles. The molecule has 3 nitrogen and oxygen atoms in total. The van der Waals surface area contributed by atoms with E-state index in [2.05, 4.69) is 37.8 Å². The third-order valence-electron chi connectivity index (χ3n) is 5.53. The first kappa shape index (κ1) is 21.7. The highest BCUT2D eigenvalue weighted by molar-refractivity contribution is 7.80. The minimum absolute atomic E-state index is 0.0159. The lowest BCUT2D eigenvalue weighted by molar-refractivity contribution is 0.0195. The Morgan fingerprint density at radius 1 is 1.00 bits per heavy atom. The molecule has 2 aromatic rings. The van der Waals surface area contributed by atoms with E-state index in [1.165, 1.54) is 5.56 Å². The largest absolute Gasteiger partial charge is 0.481 e. The van der Waals surface area contributed by atoms with Crippen molar-refractivity contribution in [1.82, 2.24) is 0 Å². The quantitative estimate of drug-likeness (QED) is 0.356. The molecule has 0 aliphatic carbocycles. The van der Waals surface area contributed by atoms with Crippen molar-refractivity contribution in [3.05, 3.63) is 84.4 Å². The zero-order valence-electron chi connectivity index (χ0n) is 17.0. The Morgan fingerprint density at radius 2 is 1.59 bits per heavy atom. The van der Waals surface area contributed by atoms with E-state index >= 15 is 0 Å². The van der Waals surface area contributed by atoms with E-state index in [0.29, 0.717) is 37.4 Å². The fourth-order valence-electron chi connectivity index (χ4n) is 3.96. The lowest BCUT2D eigenvalue weighted by Crippen LogP contribution is -2.30. The summed E-state index contributed by atoms with van der Waals surface area (Å²) in [7, 11) is 0. The van der Waals surface area contributed by atoms with Crippen LogP contribution in [0.4, 0.5) is 0 Å². The zero-order valence-corrected chi connectivity index (χ0v) is 17.9. The van der Waals surface area contributed by atoms with Crippen molar-refractivity contribution in [2.24, 2.45) is 17.8 Å². The Morgan fingerprint density at radius 3 is 2.14 bits per heavy atom. The second-order valence-corrected chi connectivity index (χ2v) is 7.88. The maximum atomic E-state index is 6.07. The van der Waals surface area contributed by atoms with Crippen LogP contribution in [0.5, 0.6) is 0 Å². The molecular formula is C25H30O3S. The van der Waals surface area contributed by atoms with E-state index in [0.717, 1.165) is 12.0 Å². The fourth-order valence-corrected chi connectivity index (χ4v) is 4.43. The molecular weight excluding hydrogens is 380 g/mol. The Bertz CT molecular complexity index is 762. The average Bonchev–Trinajstić information content (AvgIpc) is 3.08. The molecule has 0 radical (unpaired) electrons. The van der Waals surface area contributed by atoms with Crippen molar-refractivity contribution in [3.63, 3.8) is 0 Å². The van der Waals surface area contributed by atoms with Gasteiger partial charge in [0.15, 0.2) is 5.05 Å². The lowest BCUT2D eigenvalue weighted by Gasteiger charge is -2.25. The summed E-state index contributed by atoms with van der Waals surface area (Å²) in [5, 5.41) is 0.665. The number of hydrogen-bond donors (Lipinski definition) is 0. The monoisotopic (exact) mass is 410 g/mol. The number of rotatable bonds is 11. The lowest BCUT2D eigenvalue weighted by atomic mass is 9.80. The number of benzene rings is 2. The Labute approximate surface area is 179 Å². The van der Waals surface area contributed by atoms with Crippen molar-refractivity contribution < 1.29 is 14.2 Å². The molecule has 154 valence electrons. The number of thiocarbonyl (C=S) groups is 1. The molecule has 29 heavy (non-hydrogen) atoms. The molecule has 0 aromatic heterocycles. The van der Waals surface area contributed by atoms with Crippen molar-refractivity contribution in [2.75, 3.05) is 13.2 Å². The summed E-state index contributed by atoms with van der Waals surface area (Å²) in [6.07, 6.45) is 2.92. The molecule has 0 N–H and O–H groups in total. The summed E-state index contributed by atoms with van der Waals surface area (Å²) < 4.78 is 18.0. The SMILES string of the molecule is C=CC(COCc1ccccc1)C1C(=S)OC(COCc2ccccc2)C1CC. The van der Waals surface area contributed by atoms with Crippen molar-refractivity contribution >= 4 is 17.3 Å². The van der Waals surface area contributed by atoms with Gasteiger partial charge in [0.1, 0.15) is 6.10 Å². The van der Waals surface area contributed by atoms with Crippen LogP contribution in [0, 0.1) is 17.8 Å². The molecule has 1 saturated heterocycles. The van der Waals surface area contributed by atoms with Crippen LogP contribution in [0.2, 0.25) is 0 Å². The van der Waals surface area contributed by atoms with Gasteiger partial charge < -0.3 is 14.2 Å². The molecule has 0 spiro atoms. The predicted molar refractivity (Wildman–Crippen MR) is 121 cm³/mol. The zero-order chi connectivity index (χ0) is 20.5. The first-order chi connectivity index (χ1) is 14.2. The normalized spacial score (nSPS) is 22.2. The highest BCUT2D eigenvalue weighted by Crippen LogP contribution is 2.38. The molecule has 1 fully saturated rings. The molecule has 4 atom stereocenters. The summed E-state index contributed by atoms with van der Waals surface area (Å²) >= 11 is 5.61. The molecule has 0 amide bonds. The van der Waals surface area contributed by atoms with Crippen LogP contribution < -0.4 is 0 Å². The molecule has 4 unspecified atom stereocenters. The summed E-state index contributed by atoms with van der Waals surface area (Å²) in [6, 6.07) is 20.4. The van der Waals surface area contributed by atoms with Gasteiger partial charge in [-0.1, -0.05) is 73.7 Å². The summed E-state index contributed by atoms with van der Waals surface area (Å²) in [5.74, 6) is 0.575. The smallest absolute Gasteiger partial charge is 0.164 e. The van der Waals surface area contributed by atoms with Gasteiger partial charge in [0.2, 0.25) is 0 Å². The van der Waals surface area contributed by atoms with E-state index in [1.54, 1.807) is 0 Å². The highest BCUT2D eigenvalue weighted by Gasteiger charge is 2.44. The van der Waals surface area contributed by atoms with E-state index in [4.69, 9.17) is 26.4 Å². The third kappa shape index (κ3) is 5.99. The maximum absolute atomic E-state index is 6.07. The van der Waals surface area contributed by atoms with Gasteiger partial charge in [-0.15, -0.1) is 6.58 Å². The minimum Gasteiger partial charge on any atom is -0.481 e. The first-order valence-electron chi connectivity index (χ1n) is 10.3. The van der Waals surface area contributed by atoms with Crippen LogP contribution in [0.15, 0.2) is 73.3 Å². The van der Waals surface area contributed by atoms with Crippen LogP contribution >= 0.6 is 12.2 Å².